The Kier molecular flexibility index (Phi) is 3.84. The second-order valence-corrected chi connectivity index (χ2v) is 5.39. The van der Waals surface area contributed by atoms with Crippen molar-refractivity contribution in [2.75, 3.05) is 12.4 Å². The van der Waals surface area contributed by atoms with Gasteiger partial charge in [0.1, 0.15) is 0 Å². The van der Waals surface area contributed by atoms with Gasteiger partial charge in [-0.1, -0.05) is 18.2 Å². The van der Waals surface area contributed by atoms with Crippen LogP contribution in [0.25, 0.3) is 0 Å². The summed E-state index contributed by atoms with van der Waals surface area (Å²) in [6, 6.07) is 6.56. The first-order chi connectivity index (χ1) is 6.97. The number of hydrogen-bond acceptors (Lipinski definition) is 4. The molecule has 0 heterocycles. The molecule has 0 fully saturated rings. The normalized spacial score (nSPS) is 13.8. The van der Waals surface area contributed by atoms with Crippen LogP contribution in [0.2, 0.25) is 0 Å². The molecular weight excluding hydrogens is 216 g/mol. The fourth-order valence-electron chi connectivity index (χ4n) is 1.30. The number of hydrogen-bond donors (Lipinski definition) is 2. The summed E-state index contributed by atoms with van der Waals surface area (Å²) in [6.45, 7) is 1.14. The van der Waals surface area contributed by atoms with Crippen LogP contribution in [0, 0.1) is 6.92 Å². The minimum atomic E-state index is -3.51. The molecule has 15 heavy (non-hydrogen) atoms. The van der Waals surface area contributed by atoms with Crippen molar-refractivity contribution in [3.8, 4) is 0 Å². The van der Waals surface area contributed by atoms with E-state index >= 15 is 0 Å². The lowest BCUT2D eigenvalue weighted by molar-refractivity contribution is 0.112. The highest BCUT2D eigenvalue weighted by Crippen LogP contribution is 2.16. The van der Waals surface area contributed by atoms with Crippen LogP contribution in [-0.2, 0) is 9.84 Å². The van der Waals surface area contributed by atoms with Crippen molar-refractivity contribution in [2.45, 2.75) is 17.9 Å². The predicted octanol–water partition coefficient (Wildman–Crippen LogP) is 0.122. The molecule has 0 aromatic heterocycles. The molecule has 4 nitrogen and oxygen atoms in total. The van der Waals surface area contributed by atoms with Gasteiger partial charge in [0.25, 0.3) is 0 Å². The summed E-state index contributed by atoms with van der Waals surface area (Å²) in [5.74, 6) is -0.450. The van der Waals surface area contributed by atoms with E-state index in [0.29, 0.717) is 5.56 Å². The van der Waals surface area contributed by atoms with E-state index in [-0.39, 0.29) is 4.90 Å². The molecule has 0 radical (unpaired) electrons. The average Bonchev–Trinajstić information content (AvgIpc) is 2.17. The van der Waals surface area contributed by atoms with Gasteiger partial charge in [0.15, 0.2) is 9.84 Å². The Labute approximate surface area is 89.1 Å². The van der Waals surface area contributed by atoms with Gasteiger partial charge in [0.2, 0.25) is 0 Å². The van der Waals surface area contributed by atoms with Crippen molar-refractivity contribution in [3.63, 3.8) is 0 Å². The van der Waals surface area contributed by atoms with Gasteiger partial charge in [-0.15, -0.1) is 0 Å². The Hall–Kier alpha value is -0.910. The van der Waals surface area contributed by atoms with Crippen LogP contribution in [0.1, 0.15) is 5.56 Å². The van der Waals surface area contributed by atoms with Crippen molar-refractivity contribution < 1.29 is 18.6 Å². The third-order valence-electron chi connectivity index (χ3n) is 2.05. The molecule has 0 aliphatic heterocycles. The second-order valence-electron chi connectivity index (χ2n) is 3.38. The minimum absolute atomic E-state index is 0.206. The first-order valence-electron chi connectivity index (χ1n) is 4.54. The summed E-state index contributed by atoms with van der Waals surface area (Å²) < 4.78 is 23.5. The van der Waals surface area contributed by atoms with E-state index in [2.05, 4.69) is 0 Å². The number of rotatable bonds is 4. The minimum Gasteiger partial charge on any atom is -0.394 e. The van der Waals surface area contributed by atoms with Crippen LogP contribution < -0.4 is 0 Å². The van der Waals surface area contributed by atoms with Crippen LogP contribution in [0.3, 0.4) is 0 Å². The third kappa shape index (κ3) is 3.02. The summed E-state index contributed by atoms with van der Waals surface area (Å²) in [5.41, 5.74) is 0.641. The molecule has 0 saturated heterocycles. The number of aryl methyl sites for hydroxylation is 1. The highest BCUT2D eigenvalue weighted by molar-refractivity contribution is 7.91. The first-order valence-corrected chi connectivity index (χ1v) is 6.20. The summed E-state index contributed by atoms with van der Waals surface area (Å²) in [5, 5.41) is 17.7. The van der Waals surface area contributed by atoms with Gasteiger partial charge in [-0.2, -0.15) is 0 Å². The van der Waals surface area contributed by atoms with Crippen LogP contribution in [-0.4, -0.2) is 37.1 Å². The zero-order chi connectivity index (χ0) is 11.5. The number of benzene rings is 1. The monoisotopic (exact) mass is 230 g/mol. The van der Waals surface area contributed by atoms with Crippen molar-refractivity contribution in [1.29, 1.82) is 0 Å². The van der Waals surface area contributed by atoms with Crippen molar-refractivity contribution in [3.05, 3.63) is 29.8 Å². The zero-order valence-corrected chi connectivity index (χ0v) is 9.24. The third-order valence-corrected chi connectivity index (χ3v) is 4.00. The second kappa shape index (κ2) is 4.74. The maximum atomic E-state index is 11.8. The smallest absolute Gasteiger partial charge is 0.181 e. The van der Waals surface area contributed by atoms with E-state index in [4.69, 9.17) is 10.2 Å². The van der Waals surface area contributed by atoms with Crippen LogP contribution in [0.15, 0.2) is 29.2 Å². The molecule has 0 aliphatic carbocycles. The quantitative estimate of drug-likeness (QED) is 0.770. The lowest BCUT2D eigenvalue weighted by Gasteiger charge is -2.10. The van der Waals surface area contributed by atoms with Gasteiger partial charge in [0.05, 0.1) is 23.4 Å². The Bertz CT molecular complexity index is 425. The van der Waals surface area contributed by atoms with Crippen LogP contribution in [0.5, 0.6) is 0 Å². The first kappa shape index (κ1) is 12.2. The molecule has 0 saturated carbocycles. The van der Waals surface area contributed by atoms with Crippen molar-refractivity contribution in [1.82, 2.24) is 0 Å². The van der Waals surface area contributed by atoms with E-state index in [9.17, 15) is 8.42 Å². The van der Waals surface area contributed by atoms with Crippen molar-refractivity contribution in [2.24, 2.45) is 0 Å². The number of aliphatic hydroxyl groups is 2. The summed E-state index contributed by atoms with van der Waals surface area (Å²) >= 11 is 0. The highest BCUT2D eigenvalue weighted by Gasteiger charge is 2.20. The van der Waals surface area contributed by atoms with Crippen LogP contribution >= 0.6 is 0 Å². The number of sulfone groups is 1. The van der Waals surface area contributed by atoms with Gasteiger partial charge >= 0.3 is 0 Å². The largest absolute Gasteiger partial charge is 0.394 e. The molecule has 2 N–H and O–H groups in total. The van der Waals surface area contributed by atoms with E-state index in [0.717, 1.165) is 0 Å². The van der Waals surface area contributed by atoms with Gasteiger partial charge in [0, 0.05) is 0 Å². The Morgan fingerprint density at radius 2 is 1.93 bits per heavy atom. The lowest BCUT2D eigenvalue weighted by Crippen LogP contribution is -2.24. The molecule has 0 aliphatic rings. The maximum Gasteiger partial charge on any atom is 0.181 e. The molecular formula is C10H14O4S. The maximum absolute atomic E-state index is 11.8. The molecule has 84 valence electrons. The number of aliphatic hydroxyl groups excluding tert-OH is 2. The molecule has 0 amide bonds. The highest BCUT2D eigenvalue weighted by atomic mass is 32.2. The standard InChI is InChI=1S/C10H14O4S/c1-8-4-2-3-5-10(8)15(13,14)7-9(12)6-11/h2-5,9,11-12H,6-7H2,1H3. The van der Waals surface area contributed by atoms with Crippen molar-refractivity contribution >= 4 is 9.84 Å². The SMILES string of the molecule is Cc1ccccc1S(=O)(=O)CC(O)CO. The molecule has 1 aromatic carbocycles. The topological polar surface area (TPSA) is 74.6 Å². The Morgan fingerprint density at radius 1 is 1.33 bits per heavy atom. The molecule has 0 bridgehead atoms. The summed E-state index contributed by atoms with van der Waals surface area (Å²) in [6.07, 6.45) is -1.23. The summed E-state index contributed by atoms with van der Waals surface area (Å²) in [7, 11) is -3.51. The van der Waals surface area contributed by atoms with Gasteiger partial charge in [-0.25, -0.2) is 8.42 Å². The zero-order valence-electron chi connectivity index (χ0n) is 8.42. The fraction of sp³-hybridized carbons (Fsp3) is 0.400. The van der Waals surface area contributed by atoms with E-state index in [1.54, 1.807) is 25.1 Å². The summed E-state index contributed by atoms with van der Waals surface area (Å²) in [4.78, 5) is 0.206. The molecule has 5 heteroatoms. The molecule has 1 rings (SSSR count). The van der Waals surface area contributed by atoms with Crippen LogP contribution in [0.4, 0.5) is 0 Å². The van der Waals surface area contributed by atoms with E-state index < -0.39 is 28.3 Å². The molecule has 1 unspecified atom stereocenters. The molecule has 1 aromatic rings. The lowest BCUT2D eigenvalue weighted by atomic mass is 10.2. The Balaban J connectivity index is 3.02. The van der Waals surface area contributed by atoms with Gasteiger partial charge < -0.3 is 10.2 Å². The average molecular weight is 230 g/mol. The van der Waals surface area contributed by atoms with Gasteiger partial charge in [-0.3, -0.25) is 0 Å². The van der Waals surface area contributed by atoms with E-state index in [1.807, 2.05) is 0 Å². The fourth-order valence-corrected chi connectivity index (χ4v) is 2.94. The predicted molar refractivity (Wildman–Crippen MR) is 56.3 cm³/mol. The van der Waals surface area contributed by atoms with E-state index in [1.165, 1.54) is 6.07 Å². The molecule has 1 atom stereocenters. The van der Waals surface area contributed by atoms with Gasteiger partial charge in [-0.05, 0) is 18.6 Å². The Morgan fingerprint density at radius 3 is 2.47 bits per heavy atom. The molecule has 0 spiro atoms.